The predicted molar refractivity (Wildman–Crippen MR) is 147 cm³/mol. The molecule has 2 aromatic rings. The molecule has 12 heteroatoms. The molecule has 6 rings (SSSR count). The largest absolute Gasteiger partial charge is 0.439 e. The normalized spacial score (nSPS) is 31.5. The highest BCUT2D eigenvalue weighted by Crippen LogP contribution is 2.46. The molecule has 0 spiro atoms. The van der Waals surface area contributed by atoms with Crippen molar-refractivity contribution in [2.24, 2.45) is 27.6 Å². The van der Waals surface area contributed by atoms with Gasteiger partial charge in [-0.3, -0.25) is 14.5 Å². The summed E-state index contributed by atoms with van der Waals surface area (Å²) in [6.45, 7) is 8.81. The van der Waals surface area contributed by atoms with Crippen LogP contribution in [0.25, 0.3) is 0 Å². The third-order valence-electron chi connectivity index (χ3n) is 8.66. The monoisotopic (exact) mass is 554 g/mol. The first-order valence-corrected chi connectivity index (χ1v) is 14.2. The standard InChI is InChI=1S/C27H35ClN8O3/c1-16-6-8-18(9-7-16)15-36-25(35-10-11-38-22-5-3-4-21(22)35)31-17(2)27(36,19-12-20(28)14-30-13-19)33-23(29)24-32-26(37)39-34-24/h12-14,16,18,21-22H,2-11,15H2,1H3,(H2,29,33)(H,32,34,37)/t16?,18?,21-,22-,27?/m1/s1. The molecule has 208 valence electrons. The van der Waals surface area contributed by atoms with Crippen LogP contribution in [0.2, 0.25) is 5.02 Å². The lowest BCUT2D eigenvalue weighted by Crippen LogP contribution is -2.59. The maximum absolute atomic E-state index is 11.7. The number of guanidine groups is 1. The quantitative estimate of drug-likeness (QED) is 0.424. The Morgan fingerprint density at radius 3 is 2.85 bits per heavy atom. The highest BCUT2D eigenvalue weighted by atomic mass is 35.5. The van der Waals surface area contributed by atoms with E-state index in [9.17, 15) is 4.79 Å². The van der Waals surface area contributed by atoms with Crippen LogP contribution in [-0.2, 0) is 10.4 Å². The maximum atomic E-state index is 11.7. The van der Waals surface area contributed by atoms with Gasteiger partial charge in [0.25, 0.3) is 0 Å². The molecule has 3 atom stereocenters. The van der Waals surface area contributed by atoms with Crippen molar-refractivity contribution in [3.05, 3.63) is 57.7 Å². The minimum atomic E-state index is -1.23. The Morgan fingerprint density at radius 1 is 1.28 bits per heavy atom. The summed E-state index contributed by atoms with van der Waals surface area (Å²) in [5, 5.41) is 4.24. The second-order valence-electron chi connectivity index (χ2n) is 11.2. The first-order chi connectivity index (χ1) is 18.8. The van der Waals surface area contributed by atoms with E-state index < -0.39 is 11.4 Å². The third-order valence-corrected chi connectivity index (χ3v) is 8.86. The van der Waals surface area contributed by atoms with E-state index in [1.165, 1.54) is 12.8 Å². The van der Waals surface area contributed by atoms with E-state index >= 15 is 0 Å². The van der Waals surface area contributed by atoms with Crippen molar-refractivity contribution in [1.29, 1.82) is 0 Å². The van der Waals surface area contributed by atoms with Gasteiger partial charge >= 0.3 is 5.76 Å². The first kappa shape index (κ1) is 26.1. The van der Waals surface area contributed by atoms with E-state index in [-0.39, 0.29) is 23.8 Å². The zero-order valence-corrected chi connectivity index (χ0v) is 22.9. The van der Waals surface area contributed by atoms with Gasteiger partial charge < -0.3 is 20.3 Å². The number of ether oxygens (including phenoxy) is 1. The smallest absolute Gasteiger partial charge is 0.381 e. The minimum absolute atomic E-state index is 0.00131. The molecule has 0 amide bonds. The van der Waals surface area contributed by atoms with Crippen LogP contribution < -0.4 is 11.5 Å². The van der Waals surface area contributed by atoms with Crippen LogP contribution in [0.3, 0.4) is 0 Å². The summed E-state index contributed by atoms with van der Waals surface area (Å²) in [4.78, 5) is 33.4. The number of hydrogen-bond donors (Lipinski definition) is 2. The molecule has 1 unspecified atom stereocenters. The summed E-state index contributed by atoms with van der Waals surface area (Å²) >= 11 is 6.47. The molecule has 4 heterocycles. The molecule has 2 aliphatic heterocycles. The molecule has 0 bridgehead atoms. The fourth-order valence-corrected chi connectivity index (χ4v) is 6.79. The summed E-state index contributed by atoms with van der Waals surface area (Å²) in [6, 6.07) is 2.06. The Morgan fingerprint density at radius 2 is 2.10 bits per heavy atom. The summed E-state index contributed by atoms with van der Waals surface area (Å²) in [5.41, 5.74) is 6.44. The molecule has 2 aromatic heterocycles. The lowest BCUT2D eigenvalue weighted by atomic mass is 9.82. The predicted octanol–water partition coefficient (Wildman–Crippen LogP) is 3.23. The van der Waals surface area contributed by atoms with Crippen LogP contribution in [-0.4, -0.2) is 68.6 Å². The molecular formula is C27H35ClN8O3. The Hall–Kier alpha value is -3.18. The number of halogens is 1. The van der Waals surface area contributed by atoms with Gasteiger partial charge in [0.05, 0.1) is 29.5 Å². The van der Waals surface area contributed by atoms with E-state index in [2.05, 4.69) is 38.4 Å². The number of hydrogen-bond acceptors (Lipinski definition) is 9. The lowest BCUT2D eigenvalue weighted by molar-refractivity contribution is -0.0351. The molecule has 3 N–H and O–H groups in total. The Labute approximate surface area is 232 Å². The van der Waals surface area contributed by atoms with Gasteiger partial charge in [-0.25, -0.2) is 14.8 Å². The van der Waals surface area contributed by atoms with Crippen molar-refractivity contribution in [3.63, 3.8) is 0 Å². The zero-order valence-electron chi connectivity index (χ0n) is 22.2. The van der Waals surface area contributed by atoms with Crippen LogP contribution in [0.15, 0.2) is 50.0 Å². The van der Waals surface area contributed by atoms with Gasteiger partial charge in [-0.15, -0.1) is 0 Å². The van der Waals surface area contributed by atoms with Gasteiger partial charge in [-0.05, 0) is 50.0 Å². The molecule has 2 aliphatic carbocycles. The minimum Gasteiger partial charge on any atom is -0.381 e. The van der Waals surface area contributed by atoms with Crippen molar-refractivity contribution in [3.8, 4) is 0 Å². The number of fused-ring (bicyclic) bond motifs is 1. The number of amidine groups is 1. The second kappa shape index (κ2) is 10.4. The average Bonchev–Trinajstić information content (AvgIpc) is 3.64. The van der Waals surface area contributed by atoms with Crippen LogP contribution in [0.1, 0.15) is 63.3 Å². The van der Waals surface area contributed by atoms with Gasteiger partial charge in [0.1, 0.15) is 0 Å². The number of nitrogens with zero attached hydrogens (tertiary/aromatic N) is 6. The summed E-state index contributed by atoms with van der Waals surface area (Å²) < 4.78 is 10.8. The van der Waals surface area contributed by atoms with E-state index in [1.807, 2.05) is 6.07 Å². The molecule has 0 aromatic carbocycles. The Kier molecular flexibility index (Phi) is 6.96. The third kappa shape index (κ3) is 4.75. The van der Waals surface area contributed by atoms with Gasteiger partial charge in [0, 0.05) is 31.0 Å². The summed E-state index contributed by atoms with van der Waals surface area (Å²) in [5.74, 6) is 1.32. The number of aliphatic imine (C=N–C) groups is 2. The van der Waals surface area contributed by atoms with Gasteiger partial charge in [-0.2, -0.15) is 0 Å². The number of aromatic nitrogens is 3. The Bertz CT molecular complexity index is 1350. The number of morpholine rings is 1. The summed E-state index contributed by atoms with van der Waals surface area (Å²) in [6.07, 6.45) is 11.3. The number of H-pyrrole nitrogens is 1. The molecule has 1 saturated heterocycles. The number of nitrogens with two attached hydrogens (primary N) is 1. The molecule has 39 heavy (non-hydrogen) atoms. The van der Waals surface area contributed by atoms with Gasteiger partial charge in [0.2, 0.25) is 17.4 Å². The van der Waals surface area contributed by atoms with Gasteiger partial charge in [0.15, 0.2) is 5.84 Å². The highest BCUT2D eigenvalue weighted by molar-refractivity contribution is 6.30. The molecule has 0 radical (unpaired) electrons. The van der Waals surface area contributed by atoms with Crippen LogP contribution in [0, 0.1) is 11.8 Å². The zero-order chi connectivity index (χ0) is 27.1. The van der Waals surface area contributed by atoms with E-state index in [1.54, 1.807) is 12.4 Å². The topological polar surface area (TPSA) is 138 Å². The molecule has 4 aliphatic rings. The fourth-order valence-electron chi connectivity index (χ4n) is 6.62. The number of nitrogens with one attached hydrogen (secondary N) is 1. The number of aromatic amines is 1. The number of rotatable bonds is 5. The molecular weight excluding hydrogens is 520 g/mol. The van der Waals surface area contributed by atoms with E-state index in [0.29, 0.717) is 35.4 Å². The van der Waals surface area contributed by atoms with Crippen molar-refractivity contribution in [1.82, 2.24) is 24.9 Å². The van der Waals surface area contributed by atoms with Crippen LogP contribution in [0.5, 0.6) is 0 Å². The highest BCUT2D eigenvalue weighted by Gasteiger charge is 2.53. The fraction of sp³-hybridized carbons (Fsp3) is 0.593. The molecule has 2 saturated carbocycles. The van der Waals surface area contributed by atoms with Crippen molar-refractivity contribution >= 4 is 23.4 Å². The van der Waals surface area contributed by atoms with Crippen molar-refractivity contribution in [2.45, 2.75) is 69.7 Å². The molecule has 3 fully saturated rings. The average molecular weight is 555 g/mol. The molecule has 11 nitrogen and oxygen atoms in total. The van der Waals surface area contributed by atoms with Crippen LogP contribution in [0.4, 0.5) is 0 Å². The lowest BCUT2D eigenvalue weighted by Gasteiger charge is -2.46. The van der Waals surface area contributed by atoms with Crippen molar-refractivity contribution in [2.75, 3.05) is 19.7 Å². The number of pyridine rings is 1. The van der Waals surface area contributed by atoms with Crippen LogP contribution >= 0.6 is 11.6 Å². The van der Waals surface area contributed by atoms with Crippen molar-refractivity contribution < 1.29 is 9.26 Å². The summed E-state index contributed by atoms with van der Waals surface area (Å²) in [7, 11) is 0. The van der Waals surface area contributed by atoms with Gasteiger partial charge in [-0.1, -0.05) is 43.1 Å². The maximum Gasteiger partial charge on any atom is 0.439 e. The van der Waals surface area contributed by atoms with E-state index in [0.717, 1.165) is 50.5 Å². The second-order valence-corrected chi connectivity index (χ2v) is 11.6. The SMILES string of the molecule is C=C1N=C(N2CCO[C@@H]3CCC[C@H]32)N(CC2CCC(C)CC2)C1(N=C(N)c1noc(=O)[nH]1)c1cncc(Cl)c1. The first-order valence-electron chi connectivity index (χ1n) is 13.8. The Balaban J connectivity index is 1.49. The van der Waals surface area contributed by atoms with E-state index in [4.69, 9.17) is 36.6 Å².